The number of unbranched alkanes of at least 4 members (excludes halogenated alkanes) is 1. The Kier molecular flexibility index (Phi) is 5.50. The van der Waals surface area contributed by atoms with Gasteiger partial charge in [-0.15, -0.1) is 0 Å². The van der Waals surface area contributed by atoms with Crippen LogP contribution >= 0.6 is 0 Å². The monoisotopic (exact) mass is 279 g/mol. The first-order valence-corrected chi connectivity index (χ1v) is 8.08. The maximum atomic E-state index is 11.2. The largest absolute Gasteiger partial charge is 0.614 e. The van der Waals surface area contributed by atoms with E-state index in [9.17, 15) is 21.4 Å². The van der Waals surface area contributed by atoms with Crippen LogP contribution < -0.4 is 0 Å². The maximum absolute atomic E-state index is 11.2. The molecule has 7 nitrogen and oxygen atoms in total. The minimum Gasteiger partial charge on any atom is -0.614 e. The normalized spacial score (nSPS) is 15.5. The van der Waals surface area contributed by atoms with Crippen molar-refractivity contribution in [1.29, 1.82) is 0 Å². The fraction of sp³-hybridized carbons (Fsp3) is 0.800. The van der Waals surface area contributed by atoms with Gasteiger partial charge >= 0.3 is 24.2 Å². The van der Waals surface area contributed by atoms with Crippen molar-refractivity contribution < 1.29 is 30.5 Å². The first kappa shape index (κ1) is 15.1. The molecule has 0 fully saturated rings. The Labute approximate surface area is 91.6 Å². The lowest BCUT2D eigenvalue weighted by atomic mass is 10.4. The summed E-state index contributed by atoms with van der Waals surface area (Å²) in [4.78, 5) is 0. The Morgan fingerprint density at radius 2 is 1.60 bits per heavy atom. The summed E-state index contributed by atoms with van der Waals surface area (Å²) < 4.78 is 67.9. The highest BCUT2D eigenvalue weighted by Crippen LogP contribution is 2.16. The van der Waals surface area contributed by atoms with Gasteiger partial charge in [0.1, 0.15) is 5.75 Å². The highest BCUT2D eigenvalue weighted by Gasteiger charge is 2.45. The molecule has 0 amide bonds. The van der Waals surface area contributed by atoms with Gasteiger partial charge in [-0.1, -0.05) is 6.92 Å². The Morgan fingerprint density at radius 3 is 1.87 bits per heavy atom. The molecule has 0 heterocycles. The van der Waals surface area contributed by atoms with Gasteiger partial charge in [0.2, 0.25) is 0 Å². The van der Waals surface area contributed by atoms with Gasteiger partial charge in [-0.3, -0.25) is 9.11 Å². The van der Waals surface area contributed by atoms with Crippen LogP contribution in [0.5, 0.6) is 0 Å². The summed E-state index contributed by atoms with van der Waals surface area (Å²) >= 11 is -2.41. The smallest absolute Gasteiger partial charge is 0.361 e. The van der Waals surface area contributed by atoms with E-state index in [1.165, 1.54) is 0 Å². The molecule has 0 rings (SSSR count). The first-order chi connectivity index (χ1) is 6.60. The van der Waals surface area contributed by atoms with Gasteiger partial charge in [-0.25, -0.2) is 0 Å². The quantitative estimate of drug-likeness (QED) is 0.490. The number of hydrogen-bond donors (Lipinski definition) is 2. The predicted molar refractivity (Wildman–Crippen MR) is 54.5 cm³/mol. The maximum Gasteiger partial charge on any atom is 0.361 e. The molecule has 0 aliphatic carbocycles. The van der Waals surface area contributed by atoms with Gasteiger partial charge in [0.05, 0.1) is 0 Å². The molecule has 0 aliphatic heterocycles. The average Bonchev–Trinajstić information content (AvgIpc) is 1.94. The Bertz CT molecular complexity index is 351. The molecule has 1 unspecified atom stereocenters. The topological polar surface area (TPSA) is 132 Å². The van der Waals surface area contributed by atoms with Gasteiger partial charge < -0.3 is 4.55 Å². The molecule has 15 heavy (non-hydrogen) atoms. The van der Waals surface area contributed by atoms with E-state index < -0.39 is 35.3 Å². The lowest BCUT2D eigenvalue weighted by molar-refractivity contribution is 0.464. The zero-order valence-electron chi connectivity index (χ0n) is 7.57. The van der Waals surface area contributed by atoms with Crippen molar-refractivity contribution in [3.05, 3.63) is 6.92 Å². The number of hydrogen-bond acceptors (Lipinski definition) is 5. The van der Waals surface area contributed by atoms with Crippen molar-refractivity contribution in [2.24, 2.45) is 0 Å². The second-order valence-corrected chi connectivity index (χ2v) is 8.15. The van der Waals surface area contributed by atoms with E-state index in [4.69, 9.17) is 9.11 Å². The second-order valence-electron chi connectivity index (χ2n) is 2.61. The van der Waals surface area contributed by atoms with Crippen LogP contribution in [0.3, 0.4) is 0 Å². The predicted octanol–water partition coefficient (Wildman–Crippen LogP) is -0.591. The van der Waals surface area contributed by atoms with E-state index in [1.54, 1.807) is 0 Å². The van der Waals surface area contributed by atoms with E-state index in [0.717, 1.165) is 0 Å². The molecule has 0 saturated heterocycles. The van der Waals surface area contributed by atoms with Crippen LogP contribution in [0.4, 0.5) is 0 Å². The third-order valence-electron chi connectivity index (χ3n) is 1.30. The molecule has 2 N–H and O–H groups in total. The van der Waals surface area contributed by atoms with E-state index in [1.807, 2.05) is 0 Å². The van der Waals surface area contributed by atoms with Crippen molar-refractivity contribution in [1.82, 2.24) is 0 Å². The van der Waals surface area contributed by atoms with Crippen molar-refractivity contribution in [2.75, 3.05) is 5.75 Å². The Morgan fingerprint density at radius 1 is 1.20 bits per heavy atom. The average molecular weight is 279 g/mol. The van der Waals surface area contributed by atoms with E-state index in [-0.39, 0.29) is 12.2 Å². The Balaban J connectivity index is 4.99. The van der Waals surface area contributed by atoms with Crippen molar-refractivity contribution >= 4 is 31.4 Å². The molecule has 0 aromatic rings. The van der Waals surface area contributed by atoms with Crippen LogP contribution in [0.1, 0.15) is 12.8 Å². The van der Waals surface area contributed by atoms with Crippen molar-refractivity contribution in [3.8, 4) is 0 Å². The van der Waals surface area contributed by atoms with Crippen LogP contribution in [0.15, 0.2) is 0 Å². The summed E-state index contributed by atoms with van der Waals surface area (Å²) in [5.41, 5.74) is 0. The molecular weight excluding hydrogens is 268 g/mol. The molecule has 0 spiro atoms. The molecule has 1 atom stereocenters. The minimum atomic E-state index is -5.11. The molecule has 0 saturated carbocycles. The standard InChI is InChI=1S/C5H11O7S3/c1-2-3-4-13(6)5(14(7,8)9)15(10,11)12/h5H,1-4H2,(H,7,8,9)(H,10,11,12). The van der Waals surface area contributed by atoms with E-state index in [2.05, 4.69) is 6.92 Å². The molecule has 0 aromatic heterocycles. The summed E-state index contributed by atoms with van der Waals surface area (Å²) in [6, 6.07) is 0. The highest BCUT2D eigenvalue weighted by atomic mass is 32.3. The SMILES string of the molecule is [CH2]CCC[S+]([O-])C(S(=O)(=O)O)S(=O)(=O)O. The minimum absolute atomic E-state index is 0.216. The van der Waals surface area contributed by atoms with E-state index in [0.29, 0.717) is 6.42 Å². The first-order valence-electron chi connectivity index (χ1n) is 3.69. The lowest BCUT2D eigenvalue weighted by Crippen LogP contribution is -2.38. The summed E-state index contributed by atoms with van der Waals surface area (Å²) in [7, 11) is -10.2. The summed E-state index contributed by atoms with van der Waals surface area (Å²) in [6.45, 7) is 3.38. The molecular formula is C5H11O7S3. The van der Waals surface area contributed by atoms with Gasteiger partial charge in [-0.2, -0.15) is 16.8 Å². The Hall–Kier alpha value is 0.130. The van der Waals surface area contributed by atoms with Crippen LogP contribution in [-0.4, -0.2) is 40.2 Å². The zero-order chi connectivity index (χ0) is 12.3. The fourth-order valence-corrected chi connectivity index (χ4v) is 5.42. The molecule has 1 radical (unpaired) electrons. The molecule has 10 heteroatoms. The molecule has 0 bridgehead atoms. The third kappa shape index (κ3) is 5.13. The van der Waals surface area contributed by atoms with Gasteiger partial charge in [0.15, 0.2) is 0 Å². The second kappa shape index (κ2) is 5.46. The zero-order valence-corrected chi connectivity index (χ0v) is 10.0. The summed E-state index contributed by atoms with van der Waals surface area (Å²) in [5.74, 6) is -0.284. The van der Waals surface area contributed by atoms with Gasteiger partial charge in [-0.05, 0) is 24.0 Å². The number of rotatable bonds is 6. The molecule has 91 valence electrons. The molecule has 0 aromatic carbocycles. The van der Waals surface area contributed by atoms with Crippen LogP contribution in [0.25, 0.3) is 0 Å². The molecule has 0 aliphatic rings. The van der Waals surface area contributed by atoms with Crippen molar-refractivity contribution in [2.45, 2.75) is 16.8 Å². The summed E-state index contributed by atoms with van der Waals surface area (Å²) in [6.07, 6.45) is 0.545. The lowest BCUT2D eigenvalue weighted by Gasteiger charge is -2.16. The fourth-order valence-electron chi connectivity index (χ4n) is 0.765. The third-order valence-corrected chi connectivity index (χ3v) is 7.60. The highest BCUT2D eigenvalue weighted by molar-refractivity contribution is 8.21. The van der Waals surface area contributed by atoms with Crippen molar-refractivity contribution in [3.63, 3.8) is 0 Å². The van der Waals surface area contributed by atoms with E-state index >= 15 is 0 Å². The summed E-state index contributed by atoms with van der Waals surface area (Å²) in [5, 5.41) is 0. The van der Waals surface area contributed by atoms with Crippen LogP contribution in [0, 0.1) is 6.92 Å². The van der Waals surface area contributed by atoms with Crippen LogP contribution in [-0.2, 0) is 31.4 Å². The van der Waals surface area contributed by atoms with Crippen LogP contribution in [0.2, 0.25) is 0 Å². The van der Waals surface area contributed by atoms with Gasteiger partial charge in [0, 0.05) is 0 Å². The van der Waals surface area contributed by atoms with Gasteiger partial charge in [0.25, 0.3) is 0 Å².